The Morgan fingerprint density at radius 2 is 1.90 bits per heavy atom. The Hall–Kier alpha value is -2.76. The maximum absolute atomic E-state index is 13.7. The van der Waals surface area contributed by atoms with Gasteiger partial charge in [-0.3, -0.25) is 0 Å². The molecule has 3 aromatic rings. The van der Waals surface area contributed by atoms with E-state index in [1.165, 1.54) is 10.7 Å². The van der Waals surface area contributed by atoms with Crippen LogP contribution in [0.15, 0.2) is 36.4 Å². The van der Waals surface area contributed by atoms with E-state index in [1.54, 1.807) is 25.1 Å². The molecule has 2 aromatic carbocycles. The molecule has 0 saturated carbocycles. The molecular formula is C15H14FN5. The molecule has 0 fully saturated rings. The highest BCUT2D eigenvalue weighted by Gasteiger charge is 2.14. The number of rotatable bonds is 2. The van der Waals surface area contributed by atoms with Gasteiger partial charge in [-0.25, -0.2) is 4.39 Å². The summed E-state index contributed by atoms with van der Waals surface area (Å²) in [6, 6.07) is 10.5. The summed E-state index contributed by atoms with van der Waals surface area (Å²) in [5, 5.41) is 11.6. The first kappa shape index (κ1) is 13.2. The molecule has 0 aliphatic carbocycles. The third kappa shape index (κ3) is 2.35. The Labute approximate surface area is 121 Å². The van der Waals surface area contributed by atoms with Gasteiger partial charge in [-0.2, -0.15) is 4.68 Å². The summed E-state index contributed by atoms with van der Waals surface area (Å²) in [6.07, 6.45) is 0. The Kier molecular flexibility index (Phi) is 3.13. The number of hydrogen-bond acceptors (Lipinski definition) is 4. The number of nitrogen functional groups attached to an aromatic ring is 1. The van der Waals surface area contributed by atoms with Crippen molar-refractivity contribution in [2.24, 2.45) is 0 Å². The van der Waals surface area contributed by atoms with E-state index in [0.717, 1.165) is 11.1 Å². The maximum atomic E-state index is 13.7. The Morgan fingerprint density at radius 1 is 1.10 bits per heavy atom. The zero-order valence-electron chi connectivity index (χ0n) is 11.7. The van der Waals surface area contributed by atoms with Crippen LogP contribution in [0.25, 0.3) is 17.1 Å². The number of nitrogens with zero attached hydrogens (tertiary/aromatic N) is 4. The quantitative estimate of drug-likeness (QED) is 0.734. The van der Waals surface area contributed by atoms with Crippen molar-refractivity contribution in [1.82, 2.24) is 20.2 Å². The van der Waals surface area contributed by atoms with E-state index in [9.17, 15) is 4.39 Å². The average molecular weight is 283 g/mol. The first-order valence-corrected chi connectivity index (χ1v) is 6.47. The van der Waals surface area contributed by atoms with Crippen LogP contribution in [-0.4, -0.2) is 20.2 Å². The predicted molar refractivity (Wildman–Crippen MR) is 78.4 cm³/mol. The molecule has 0 aliphatic rings. The van der Waals surface area contributed by atoms with E-state index in [0.29, 0.717) is 22.8 Å². The van der Waals surface area contributed by atoms with Gasteiger partial charge in [0.15, 0.2) is 5.82 Å². The number of anilines is 1. The summed E-state index contributed by atoms with van der Waals surface area (Å²) in [5.74, 6) is 0.186. The topological polar surface area (TPSA) is 69.6 Å². The SMILES string of the molecule is Cc1ccc(N)c(-c2nnnn2-c2ccc(C)c(F)c2)c1. The molecule has 0 spiro atoms. The molecule has 0 bridgehead atoms. The molecule has 1 heterocycles. The number of aryl methyl sites for hydroxylation is 2. The minimum Gasteiger partial charge on any atom is -0.398 e. The molecule has 0 aliphatic heterocycles. The highest BCUT2D eigenvalue weighted by Crippen LogP contribution is 2.26. The maximum Gasteiger partial charge on any atom is 0.189 e. The number of aromatic nitrogens is 4. The lowest BCUT2D eigenvalue weighted by molar-refractivity contribution is 0.615. The van der Waals surface area contributed by atoms with E-state index in [4.69, 9.17) is 5.73 Å². The second kappa shape index (κ2) is 4.97. The van der Waals surface area contributed by atoms with Crippen molar-refractivity contribution in [3.05, 3.63) is 53.3 Å². The largest absolute Gasteiger partial charge is 0.398 e. The van der Waals surface area contributed by atoms with Crippen molar-refractivity contribution < 1.29 is 4.39 Å². The molecule has 2 N–H and O–H groups in total. The average Bonchev–Trinajstić information content (AvgIpc) is 2.93. The minimum atomic E-state index is -0.300. The second-order valence-electron chi connectivity index (χ2n) is 4.94. The van der Waals surface area contributed by atoms with Crippen molar-refractivity contribution in [3.63, 3.8) is 0 Å². The molecule has 6 heteroatoms. The van der Waals surface area contributed by atoms with Gasteiger partial charge in [-0.15, -0.1) is 5.10 Å². The summed E-state index contributed by atoms with van der Waals surface area (Å²) in [5.41, 5.74) is 9.47. The lowest BCUT2D eigenvalue weighted by Crippen LogP contribution is -2.03. The van der Waals surface area contributed by atoms with E-state index in [1.807, 2.05) is 19.1 Å². The molecule has 0 amide bonds. The fourth-order valence-electron chi connectivity index (χ4n) is 2.11. The van der Waals surface area contributed by atoms with Gasteiger partial charge in [0.05, 0.1) is 5.69 Å². The molecule has 3 rings (SSSR count). The molecule has 1 aromatic heterocycles. The van der Waals surface area contributed by atoms with E-state index >= 15 is 0 Å². The molecular weight excluding hydrogens is 269 g/mol. The summed E-state index contributed by atoms with van der Waals surface area (Å²) in [7, 11) is 0. The Morgan fingerprint density at radius 3 is 2.67 bits per heavy atom. The summed E-state index contributed by atoms with van der Waals surface area (Å²) >= 11 is 0. The third-order valence-corrected chi connectivity index (χ3v) is 3.32. The molecule has 5 nitrogen and oxygen atoms in total. The van der Waals surface area contributed by atoms with Crippen molar-refractivity contribution in [2.45, 2.75) is 13.8 Å². The van der Waals surface area contributed by atoms with Crippen molar-refractivity contribution in [3.8, 4) is 17.1 Å². The van der Waals surface area contributed by atoms with Crippen molar-refractivity contribution >= 4 is 5.69 Å². The zero-order valence-corrected chi connectivity index (χ0v) is 11.7. The van der Waals surface area contributed by atoms with Gasteiger partial charge in [0.25, 0.3) is 0 Å². The van der Waals surface area contributed by atoms with Gasteiger partial charge in [-0.1, -0.05) is 17.7 Å². The van der Waals surface area contributed by atoms with Crippen LogP contribution >= 0.6 is 0 Å². The van der Waals surface area contributed by atoms with Crippen LogP contribution < -0.4 is 5.73 Å². The first-order valence-electron chi connectivity index (χ1n) is 6.47. The fourth-order valence-corrected chi connectivity index (χ4v) is 2.11. The predicted octanol–water partition coefficient (Wildman–Crippen LogP) is 2.67. The number of benzene rings is 2. The molecule has 106 valence electrons. The second-order valence-corrected chi connectivity index (χ2v) is 4.94. The van der Waals surface area contributed by atoms with Crippen LogP contribution in [0.2, 0.25) is 0 Å². The molecule has 0 saturated heterocycles. The number of hydrogen-bond donors (Lipinski definition) is 1. The normalized spacial score (nSPS) is 10.8. The van der Waals surface area contributed by atoms with Gasteiger partial charge in [-0.05, 0) is 54.1 Å². The van der Waals surface area contributed by atoms with E-state index in [-0.39, 0.29) is 5.82 Å². The summed E-state index contributed by atoms with van der Waals surface area (Å²) in [4.78, 5) is 0. The number of nitrogens with two attached hydrogens (primary N) is 1. The van der Waals surface area contributed by atoms with E-state index in [2.05, 4.69) is 15.5 Å². The van der Waals surface area contributed by atoms with Gasteiger partial charge < -0.3 is 5.73 Å². The van der Waals surface area contributed by atoms with Crippen molar-refractivity contribution in [1.29, 1.82) is 0 Å². The molecule has 0 unspecified atom stereocenters. The first-order chi connectivity index (χ1) is 10.1. The Balaban J connectivity index is 2.17. The van der Waals surface area contributed by atoms with Gasteiger partial charge >= 0.3 is 0 Å². The zero-order chi connectivity index (χ0) is 15.0. The third-order valence-electron chi connectivity index (χ3n) is 3.32. The van der Waals surface area contributed by atoms with Crippen LogP contribution in [0.3, 0.4) is 0 Å². The fraction of sp³-hybridized carbons (Fsp3) is 0.133. The van der Waals surface area contributed by atoms with Crippen molar-refractivity contribution in [2.75, 3.05) is 5.73 Å². The highest BCUT2D eigenvalue weighted by atomic mass is 19.1. The van der Waals surface area contributed by atoms with Crippen LogP contribution in [0, 0.1) is 19.7 Å². The lowest BCUT2D eigenvalue weighted by Gasteiger charge is -2.08. The van der Waals surface area contributed by atoms with Crippen LogP contribution in [-0.2, 0) is 0 Å². The summed E-state index contributed by atoms with van der Waals surface area (Å²) in [6.45, 7) is 3.67. The van der Waals surface area contributed by atoms with E-state index < -0.39 is 0 Å². The molecule has 0 radical (unpaired) electrons. The molecule has 21 heavy (non-hydrogen) atoms. The molecule has 0 atom stereocenters. The van der Waals surface area contributed by atoms with Gasteiger partial charge in [0, 0.05) is 11.3 Å². The highest BCUT2D eigenvalue weighted by molar-refractivity contribution is 5.73. The Bertz CT molecular complexity index is 810. The van der Waals surface area contributed by atoms with Crippen LogP contribution in [0.4, 0.5) is 10.1 Å². The number of halogens is 1. The van der Waals surface area contributed by atoms with Gasteiger partial charge in [0.1, 0.15) is 5.82 Å². The smallest absolute Gasteiger partial charge is 0.189 e. The monoisotopic (exact) mass is 283 g/mol. The standard InChI is InChI=1S/C15H14FN5/c1-9-3-6-14(17)12(7-9)15-18-19-20-21(15)11-5-4-10(2)13(16)8-11/h3-8H,17H2,1-2H3. The van der Waals surface area contributed by atoms with Crippen LogP contribution in [0.1, 0.15) is 11.1 Å². The number of tetrazole rings is 1. The lowest BCUT2D eigenvalue weighted by atomic mass is 10.1. The van der Waals surface area contributed by atoms with Gasteiger partial charge in [0.2, 0.25) is 0 Å². The van der Waals surface area contributed by atoms with Crippen LogP contribution in [0.5, 0.6) is 0 Å². The minimum absolute atomic E-state index is 0.300. The summed E-state index contributed by atoms with van der Waals surface area (Å²) < 4.78 is 15.2.